The first kappa shape index (κ1) is 13.1. The van der Waals surface area contributed by atoms with Crippen molar-refractivity contribution in [3.8, 4) is 11.5 Å². The van der Waals surface area contributed by atoms with E-state index in [2.05, 4.69) is 5.32 Å². The van der Waals surface area contributed by atoms with Gasteiger partial charge in [0.15, 0.2) is 11.5 Å². The summed E-state index contributed by atoms with van der Waals surface area (Å²) in [6.45, 7) is 3.40. The standard InChI is InChI=1S/C13H19NO4/c1-9-13(17,4-5-18-9)8-14-7-10-2-3-11(15)12(16)6-10/h2-3,6,9,14-17H,4-5,7-8H2,1H3. The molecule has 5 nitrogen and oxygen atoms in total. The molecular formula is C13H19NO4. The summed E-state index contributed by atoms with van der Waals surface area (Å²) in [5.74, 6) is -0.263. The van der Waals surface area contributed by atoms with Gasteiger partial charge in [0.25, 0.3) is 0 Å². The molecule has 1 aromatic rings. The Morgan fingerprint density at radius 2 is 2.17 bits per heavy atom. The van der Waals surface area contributed by atoms with Crippen LogP contribution in [-0.4, -0.2) is 40.2 Å². The third-order valence-electron chi connectivity index (χ3n) is 3.46. The molecule has 0 bridgehead atoms. The first-order valence-electron chi connectivity index (χ1n) is 6.07. The molecule has 4 N–H and O–H groups in total. The third-order valence-corrected chi connectivity index (χ3v) is 3.46. The van der Waals surface area contributed by atoms with E-state index < -0.39 is 5.60 Å². The van der Waals surface area contributed by atoms with Crippen LogP contribution in [0.25, 0.3) is 0 Å². The summed E-state index contributed by atoms with van der Waals surface area (Å²) in [4.78, 5) is 0. The van der Waals surface area contributed by atoms with Crippen molar-refractivity contribution in [3.05, 3.63) is 23.8 Å². The fraction of sp³-hybridized carbons (Fsp3) is 0.538. The molecule has 5 heteroatoms. The van der Waals surface area contributed by atoms with Gasteiger partial charge in [0.2, 0.25) is 0 Å². The minimum absolute atomic E-state index is 0.129. The van der Waals surface area contributed by atoms with E-state index in [0.717, 1.165) is 5.56 Å². The highest BCUT2D eigenvalue weighted by Gasteiger charge is 2.38. The lowest BCUT2D eigenvalue weighted by Gasteiger charge is -2.26. The second kappa shape index (κ2) is 5.14. The van der Waals surface area contributed by atoms with E-state index in [1.807, 2.05) is 6.92 Å². The van der Waals surface area contributed by atoms with Gasteiger partial charge in [-0.3, -0.25) is 0 Å². The number of aliphatic hydroxyl groups is 1. The summed E-state index contributed by atoms with van der Waals surface area (Å²) in [6.07, 6.45) is 0.459. The maximum absolute atomic E-state index is 10.3. The molecule has 1 fully saturated rings. The molecule has 18 heavy (non-hydrogen) atoms. The van der Waals surface area contributed by atoms with Crippen molar-refractivity contribution in [2.75, 3.05) is 13.2 Å². The normalized spacial score (nSPS) is 27.6. The van der Waals surface area contributed by atoms with Crippen LogP contribution < -0.4 is 5.32 Å². The minimum Gasteiger partial charge on any atom is -0.504 e. The number of hydrogen-bond acceptors (Lipinski definition) is 5. The van der Waals surface area contributed by atoms with Crippen LogP contribution in [0.1, 0.15) is 18.9 Å². The Morgan fingerprint density at radius 1 is 1.39 bits per heavy atom. The highest BCUT2D eigenvalue weighted by molar-refractivity contribution is 5.40. The maximum Gasteiger partial charge on any atom is 0.157 e. The summed E-state index contributed by atoms with van der Waals surface area (Å²) < 4.78 is 5.34. The number of nitrogens with one attached hydrogen (secondary N) is 1. The van der Waals surface area contributed by atoms with Gasteiger partial charge in [0, 0.05) is 26.1 Å². The average molecular weight is 253 g/mol. The number of aromatic hydroxyl groups is 2. The van der Waals surface area contributed by atoms with Crippen molar-refractivity contribution >= 4 is 0 Å². The van der Waals surface area contributed by atoms with Crippen LogP contribution >= 0.6 is 0 Å². The molecule has 0 radical (unpaired) electrons. The molecule has 2 atom stereocenters. The summed E-state index contributed by atoms with van der Waals surface area (Å²) in [7, 11) is 0. The lowest BCUT2D eigenvalue weighted by Crippen LogP contribution is -2.45. The number of rotatable bonds is 4. The number of ether oxygens (including phenoxy) is 1. The van der Waals surface area contributed by atoms with E-state index >= 15 is 0 Å². The van der Waals surface area contributed by atoms with E-state index in [4.69, 9.17) is 4.74 Å². The van der Waals surface area contributed by atoms with Gasteiger partial charge in [-0.25, -0.2) is 0 Å². The molecular weight excluding hydrogens is 234 g/mol. The number of phenolic OH excluding ortho intramolecular Hbond substituents is 2. The first-order chi connectivity index (χ1) is 8.51. The van der Waals surface area contributed by atoms with E-state index in [9.17, 15) is 15.3 Å². The van der Waals surface area contributed by atoms with Gasteiger partial charge in [-0.2, -0.15) is 0 Å². The van der Waals surface area contributed by atoms with Crippen molar-refractivity contribution in [2.24, 2.45) is 0 Å². The van der Waals surface area contributed by atoms with Gasteiger partial charge in [-0.1, -0.05) is 6.07 Å². The smallest absolute Gasteiger partial charge is 0.157 e. The lowest BCUT2D eigenvalue weighted by atomic mass is 9.96. The van der Waals surface area contributed by atoms with Gasteiger partial charge >= 0.3 is 0 Å². The third kappa shape index (κ3) is 2.75. The van der Waals surface area contributed by atoms with Crippen molar-refractivity contribution in [2.45, 2.75) is 31.6 Å². The SMILES string of the molecule is CC1OCCC1(O)CNCc1ccc(O)c(O)c1. The Morgan fingerprint density at radius 3 is 2.78 bits per heavy atom. The molecule has 0 aliphatic carbocycles. The van der Waals surface area contributed by atoms with Crippen molar-refractivity contribution in [1.82, 2.24) is 5.32 Å². The number of phenols is 2. The van der Waals surface area contributed by atoms with Gasteiger partial charge in [0.05, 0.1) is 6.10 Å². The Labute approximate surface area is 106 Å². The lowest BCUT2D eigenvalue weighted by molar-refractivity contribution is -0.0262. The van der Waals surface area contributed by atoms with E-state index in [1.54, 1.807) is 6.07 Å². The molecule has 0 amide bonds. The molecule has 1 heterocycles. The predicted octanol–water partition coefficient (Wildman–Crippen LogP) is 0.727. The van der Waals surface area contributed by atoms with Crippen LogP contribution in [0.5, 0.6) is 11.5 Å². The largest absolute Gasteiger partial charge is 0.504 e. The van der Waals surface area contributed by atoms with Crippen LogP contribution in [-0.2, 0) is 11.3 Å². The second-order valence-electron chi connectivity index (χ2n) is 4.79. The Balaban J connectivity index is 1.86. The topological polar surface area (TPSA) is 82.0 Å². The van der Waals surface area contributed by atoms with Crippen molar-refractivity contribution < 1.29 is 20.1 Å². The fourth-order valence-electron chi connectivity index (χ4n) is 2.11. The highest BCUT2D eigenvalue weighted by Crippen LogP contribution is 2.26. The Bertz CT molecular complexity index is 423. The van der Waals surface area contributed by atoms with E-state index in [-0.39, 0.29) is 17.6 Å². The monoisotopic (exact) mass is 253 g/mol. The van der Waals surface area contributed by atoms with Crippen LogP contribution in [0, 0.1) is 0 Å². The van der Waals surface area contributed by atoms with Gasteiger partial charge in [-0.15, -0.1) is 0 Å². The Kier molecular flexibility index (Phi) is 3.75. The molecule has 1 aromatic carbocycles. The zero-order valence-electron chi connectivity index (χ0n) is 10.4. The first-order valence-corrected chi connectivity index (χ1v) is 6.07. The molecule has 0 saturated carbocycles. The zero-order chi connectivity index (χ0) is 13.2. The zero-order valence-corrected chi connectivity index (χ0v) is 10.4. The van der Waals surface area contributed by atoms with Crippen LogP contribution in [0.15, 0.2) is 18.2 Å². The van der Waals surface area contributed by atoms with Crippen LogP contribution in [0.3, 0.4) is 0 Å². The van der Waals surface area contributed by atoms with Crippen molar-refractivity contribution in [1.29, 1.82) is 0 Å². The number of hydrogen-bond donors (Lipinski definition) is 4. The van der Waals surface area contributed by atoms with E-state index in [1.165, 1.54) is 12.1 Å². The molecule has 1 aliphatic rings. The van der Waals surface area contributed by atoms with Crippen LogP contribution in [0.2, 0.25) is 0 Å². The maximum atomic E-state index is 10.3. The summed E-state index contributed by atoms with van der Waals surface area (Å²) in [6, 6.07) is 4.67. The second-order valence-corrected chi connectivity index (χ2v) is 4.79. The summed E-state index contributed by atoms with van der Waals surface area (Å²) in [5.41, 5.74) is 0.0272. The summed E-state index contributed by atoms with van der Waals surface area (Å²) in [5, 5.41) is 31.9. The van der Waals surface area contributed by atoms with Crippen LogP contribution in [0.4, 0.5) is 0 Å². The Hall–Kier alpha value is -1.30. The molecule has 2 rings (SSSR count). The summed E-state index contributed by atoms with van der Waals surface area (Å²) >= 11 is 0. The van der Waals surface area contributed by atoms with Gasteiger partial charge in [0.1, 0.15) is 5.60 Å². The van der Waals surface area contributed by atoms with E-state index in [0.29, 0.717) is 26.1 Å². The average Bonchev–Trinajstić information content (AvgIpc) is 2.65. The molecule has 1 aliphatic heterocycles. The van der Waals surface area contributed by atoms with Gasteiger partial charge < -0.3 is 25.4 Å². The molecule has 0 spiro atoms. The molecule has 0 aromatic heterocycles. The van der Waals surface area contributed by atoms with Gasteiger partial charge in [-0.05, 0) is 24.6 Å². The molecule has 1 saturated heterocycles. The number of benzene rings is 1. The minimum atomic E-state index is -0.820. The predicted molar refractivity (Wildman–Crippen MR) is 66.5 cm³/mol. The fourth-order valence-corrected chi connectivity index (χ4v) is 2.11. The quantitative estimate of drug-likeness (QED) is 0.595. The molecule has 2 unspecified atom stereocenters. The highest BCUT2D eigenvalue weighted by atomic mass is 16.5. The van der Waals surface area contributed by atoms with Crippen molar-refractivity contribution in [3.63, 3.8) is 0 Å². The molecule has 100 valence electrons.